The van der Waals surface area contributed by atoms with E-state index in [0.29, 0.717) is 31.9 Å². The normalized spacial score (nSPS) is 10.6. The molecule has 1 rings (SSSR count). The van der Waals surface area contributed by atoms with E-state index in [1.165, 1.54) is 11.3 Å². The van der Waals surface area contributed by atoms with E-state index in [0.717, 1.165) is 5.01 Å². The molecular formula is C10H14ClNO3S. The Morgan fingerprint density at radius 1 is 1.50 bits per heavy atom. The van der Waals surface area contributed by atoms with Gasteiger partial charge in [0.1, 0.15) is 5.69 Å². The van der Waals surface area contributed by atoms with Crippen LogP contribution in [0.1, 0.15) is 15.5 Å². The Bertz CT molecular complexity index is 330. The second kappa shape index (κ2) is 7.73. The zero-order valence-electron chi connectivity index (χ0n) is 9.07. The third-order valence-electron chi connectivity index (χ3n) is 1.85. The summed E-state index contributed by atoms with van der Waals surface area (Å²) < 4.78 is 10.2. The zero-order valence-corrected chi connectivity index (χ0v) is 10.6. The van der Waals surface area contributed by atoms with Crippen molar-refractivity contribution in [2.75, 3.05) is 32.8 Å². The molecule has 0 spiro atoms. The number of nitrogens with zero attached hydrogens (tertiary/aromatic N) is 1. The molecule has 6 heteroatoms. The topological polar surface area (TPSA) is 48.4 Å². The number of Topliss-reactive ketones (excluding diaryl/α,β-unsaturated/α-hetero) is 1. The van der Waals surface area contributed by atoms with Crippen LogP contribution in [0.5, 0.6) is 0 Å². The third kappa shape index (κ3) is 4.57. The largest absolute Gasteiger partial charge is 0.382 e. The molecule has 0 atom stereocenters. The van der Waals surface area contributed by atoms with Crippen LogP contribution < -0.4 is 0 Å². The van der Waals surface area contributed by atoms with E-state index in [9.17, 15) is 4.79 Å². The summed E-state index contributed by atoms with van der Waals surface area (Å²) in [4.78, 5) is 15.4. The molecule has 1 heterocycles. The van der Waals surface area contributed by atoms with E-state index >= 15 is 0 Å². The molecule has 0 fully saturated rings. The number of hydrogen-bond acceptors (Lipinski definition) is 5. The van der Waals surface area contributed by atoms with Crippen molar-refractivity contribution in [3.63, 3.8) is 0 Å². The third-order valence-corrected chi connectivity index (χ3v) is 3.00. The summed E-state index contributed by atoms with van der Waals surface area (Å²) in [7, 11) is 1.63. The Morgan fingerprint density at radius 3 is 3.00 bits per heavy atom. The van der Waals surface area contributed by atoms with Gasteiger partial charge in [-0.05, 0) is 0 Å². The van der Waals surface area contributed by atoms with Gasteiger partial charge in [0.05, 0.1) is 30.7 Å². The molecule has 0 aromatic carbocycles. The molecule has 0 radical (unpaired) electrons. The van der Waals surface area contributed by atoms with Crippen molar-refractivity contribution in [3.05, 3.63) is 16.1 Å². The molecular weight excluding hydrogens is 250 g/mol. The number of alkyl halides is 1. The van der Waals surface area contributed by atoms with Gasteiger partial charge in [0.2, 0.25) is 0 Å². The van der Waals surface area contributed by atoms with Gasteiger partial charge in [0, 0.05) is 18.9 Å². The van der Waals surface area contributed by atoms with Gasteiger partial charge in [-0.15, -0.1) is 22.9 Å². The molecule has 0 saturated heterocycles. The number of hydrogen-bond donors (Lipinski definition) is 0. The summed E-state index contributed by atoms with van der Waals surface area (Å²) in [5.74, 6) is -0.155. The van der Waals surface area contributed by atoms with Crippen molar-refractivity contribution in [1.82, 2.24) is 4.98 Å². The smallest absolute Gasteiger partial charge is 0.196 e. The minimum Gasteiger partial charge on any atom is -0.382 e. The molecule has 1 aromatic rings. The zero-order chi connectivity index (χ0) is 11.8. The van der Waals surface area contributed by atoms with Crippen molar-refractivity contribution >= 4 is 28.7 Å². The SMILES string of the molecule is COCCOCCc1nc(C(=O)CCl)cs1. The van der Waals surface area contributed by atoms with Gasteiger partial charge >= 0.3 is 0 Å². The molecule has 16 heavy (non-hydrogen) atoms. The van der Waals surface area contributed by atoms with Crippen LogP contribution in [0.15, 0.2) is 5.38 Å². The monoisotopic (exact) mass is 263 g/mol. The van der Waals surface area contributed by atoms with Crippen LogP contribution in [0, 0.1) is 0 Å². The molecule has 0 saturated carbocycles. The number of halogens is 1. The summed E-state index contributed by atoms with van der Waals surface area (Å²) in [5, 5.41) is 2.63. The first kappa shape index (κ1) is 13.6. The van der Waals surface area contributed by atoms with Crippen LogP contribution in [0.25, 0.3) is 0 Å². The average Bonchev–Trinajstić information content (AvgIpc) is 2.76. The first-order valence-corrected chi connectivity index (χ1v) is 6.29. The van der Waals surface area contributed by atoms with Gasteiger partial charge in [-0.25, -0.2) is 4.98 Å². The molecule has 0 N–H and O–H groups in total. The summed E-state index contributed by atoms with van der Waals surface area (Å²) in [5.41, 5.74) is 0.451. The van der Waals surface area contributed by atoms with E-state index in [-0.39, 0.29) is 11.7 Å². The van der Waals surface area contributed by atoms with Crippen LogP contribution in [0.3, 0.4) is 0 Å². The molecule has 90 valence electrons. The maximum atomic E-state index is 11.2. The number of carbonyl (C=O) groups excluding carboxylic acids is 1. The van der Waals surface area contributed by atoms with Gasteiger partial charge in [0.15, 0.2) is 5.78 Å². The Kier molecular flexibility index (Phi) is 6.56. The summed E-state index contributed by atoms with van der Waals surface area (Å²) in [6.45, 7) is 1.76. The van der Waals surface area contributed by atoms with Crippen molar-refractivity contribution in [2.24, 2.45) is 0 Å². The second-order valence-electron chi connectivity index (χ2n) is 3.04. The summed E-state index contributed by atoms with van der Waals surface area (Å²) >= 11 is 6.89. The van der Waals surface area contributed by atoms with Crippen LogP contribution in [-0.2, 0) is 15.9 Å². The Labute approximate surface area is 104 Å². The number of ketones is 1. The molecule has 1 aromatic heterocycles. The highest BCUT2D eigenvalue weighted by molar-refractivity contribution is 7.09. The fourth-order valence-corrected chi connectivity index (χ4v) is 1.95. The second-order valence-corrected chi connectivity index (χ2v) is 4.25. The highest BCUT2D eigenvalue weighted by Gasteiger charge is 2.08. The highest BCUT2D eigenvalue weighted by atomic mass is 35.5. The molecule has 4 nitrogen and oxygen atoms in total. The lowest BCUT2D eigenvalue weighted by Gasteiger charge is -2.00. The minimum absolute atomic E-state index is 0.0203. The van der Waals surface area contributed by atoms with Gasteiger partial charge in [-0.1, -0.05) is 0 Å². The van der Waals surface area contributed by atoms with E-state index in [2.05, 4.69) is 4.98 Å². The fraction of sp³-hybridized carbons (Fsp3) is 0.600. The lowest BCUT2D eigenvalue weighted by atomic mass is 10.3. The van der Waals surface area contributed by atoms with Gasteiger partial charge in [-0.3, -0.25) is 4.79 Å². The maximum Gasteiger partial charge on any atom is 0.196 e. The Hall–Kier alpha value is -0.490. The first-order valence-electron chi connectivity index (χ1n) is 4.88. The predicted molar refractivity (Wildman–Crippen MR) is 63.6 cm³/mol. The van der Waals surface area contributed by atoms with E-state index in [1.807, 2.05) is 0 Å². The Balaban J connectivity index is 2.27. The van der Waals surface area contributed by atoms with Crippen LogP contribution >= 0.6 is 22.9 Å². The molecule has 0 amide bonds. The quantitative estimate of drug-likeness (QED) is 0.407. The lowest BCUT2D eigenvalue weighted by molar-refractivity contribution is 0.0722. The summed E-state index contributed by atoms with van der Waals surface area (Å²) in [6, 6.07) is 0. The van der Waals surface area contributed by atoms with Gasteiger partial charge in [-0.2, -0.15) is 0 Å². The molecule has 0 bridgehead atoms. The standard InChI is InChI=1S/C10H14ClNO3S/c1-14-4-5-15-3-2-10-12-8(7-16-10)9(13)6-11/h7H,2-6H2,1H3. The maximum absolute atomic E-state index is 11.2. The molecule has 0 unspecified atom stereocenters. The van der Waals surface area contributed by atoms with Crippen molar-refractivity contribution < 1.29 is 14.3 Å². The summed E-state index contributed by atoms with van der Waals surface area (Å²) in [6.07, 6.45) is 0.712. The van der Waals surface area contributed by atoms with Crippen LogP contribution in [0.4, 0.5) is 0 Å². The highest BCUT2D eigenvalue weighted by Crippen LogP contribution is 2.11. The van der Waals surface area contributed by atoms with Crippen LogP contribution in [0.2, 0.25) is 0 Å². The van der Waals surface area contributed by atoms with E-state index in [4.69, 9.17) is 21.1 Å². The molecule has 0 aliphatic heterocycles. The van der Waals surface area contributed by atoms with Crippen molar-refractivity contribution in [1.29, 1.82) is 0 Å². The number of thiazole rings is 1. The van der Waals surface area contributed by atoms with Gasteiger partial charge in [0.25, 0.3) is 0 Å². The van der Waals surface area contributed by atoms with Crippen molar-refractivity contribution in [3.8, 4) is 0 Å². The Morgan fingerprint density at radius 2 is 2.31 bits per heavy atom. The number of rotatable bonds is 8. The van der Waals surface area contributed by atoms with Gasteiger partial charge < -0.3 is 9.47 Å². The molecule has 0 aliphatic carbocycles. The van der Waals surface area contributed by atoms with Crippen molar-refractivity contribution in [2.45, 2.75) is 6.42 Å². The number of methoxy groups -OCH3 is 1. The lowest BCUT2D eigenvalue weighted by Crippen LogP contribution is -2.05. The first-order chi connectivity index (χ1) is 7.77. The average molecular weight is 264 g/mol. The molecule has 0 aliphatic rings. The number of carbonyl (C=O) groups is 1. The van der Waals surface area contributed by atoms with E-state index in [1.54, 1.807) is 12.5 Å². The minimum atomic E-state index is -0.135. The predicted octanol–water partition coefficient (Wildman–Crippen LogP) is 1.77. The van der Waals surface area contributed by atoms with E-state index < -0.39 is 0 Å². The number of ether oxygens (including phenoxy) is 2. The number of aromatic nitrogens is 1. The van der Waals surface area contributed by atoms with Crippen LogP contribution in [-0.4, -0.2) is 43.6 Å². The fourth-order valence-electron chi connectivity index (χ4n) is 1.03.